The number of rotatable bonds is 20. The fraction of sp³-hybridized carbons (Fsp3) is 0.913. The van der Waals surface area contributed by atoms with Gasteiger partial charge in [0.15, 0.2) is 0 Å². The van der Waals surface area contributed by atoms with E-state index in [1.807, 2.05) is 0 Å². The fourth-order valence-electron chi connectivity index (χ4n) is 3.52. The van der Waals surface area contributed by atoms with Crippen molar-refractivity contribution in [3.05, 3.63) is 0 Å². The van der Waals surface area contributed by atoms with Gasteiger partial charge in [-0.05, 0) is 12.8 Å². The van der Waals surface area contributed by atoms with Gasteiger partial charge in [-0.1, -0.05) is 65.2 Å². The third kappa shape index (κ3) is 14.7. The number of carbonyl (C=O) groups is 2. The van der Waals surface area contributed by atoms with E-state index in [1.165, 1.54) is 22.6 Å². The zero-order valence-corrected chi connectivity index (χ0v) is 19.4. The van der Waals surface area contributed by atoms with Gasteiger partial charge in [-0.15, -0.1) is 0 Å². The predicted molar refractivity (Wildman–Crippen MR) is 120 cm³/mol. The summed E-state index contributed by atoms with van der Waals surface area (Å²) in [5, 5.41) is 29.0. The SMILES string of the molecule is CCCCCCCC(=O)N(CCO)CC(O)CN(CCO)C(=O)CCCCCCC. The number of aliphatic hydroxyl groups excluding tert-OH is 3. The third-order valence-corrected chi connectivity index (χ3v) is 5.30. The Labute approximate surface area is 183 Å². The Morgan fingerprint density at radius 2 is 1.03 bits per heavy atom. The van der Waals surface area contributed by atoms with E-state index >= 15 is 0 Å². The molecule has 0 radical (unpaired) electrons. The van der Waals surface area contributed by atoms with Gasteiger partial charge in [0.2, 0.25) is 11.8 Å². The van der Waals surface area contributed by atoms with Crippen LogP contribution in [0.3, 0.4) is 0 Å². The van der Waals surface area contributed by atoms with E-state index in [-0.39, 0.29) is 51.2 Å². The van der Waals surface area contributed by atoms with Crippen LogP contribution in [0, 0.1) is 0 Å². The van der Waals surface area contributed by atoms with E-state index in [9.17, 15) is 24.9 Å². The lowest BCUT2D eigenvalue weighted by Gasteiger charge is -2.29. The first-order chi connectivity index (χ1) is 14.5. The molecule has 0 atom stereocenters. The first-order valence-corrected chi connectivity index (χ1v) is 11.9. The molecule has 0 aromatic heterocycles. The summed E-state index contributed by atoms with van der Waals surface area (Å²) in [6.45, 7) is 4.49. The van der Waals surface area contributed by atoms with E-state index in [1.54, 1.807) is 0 Å². The Balaban J connectivity index is 4.51. The van der Waals surface area contributed by atoms with Crippen LogP contribution < -0.4 is 0 Å². The summed E-state index contributed by atoms with van der Waals surface area (Å²) in [7, 11) is 0. The summed E-state index contributed by atoms with van der Waals surface area (Å²) >= 11 is 0. The van der Waals surface area contributed by atoms with E-state index < -0.39 is 6.10 Å². The first-order valence-electron chi connectivity index (χ1n) is 11.9. The van der Waals surface area contributed by atoms with Gasteiger partial charge in [-0.3, -0.25) is 9.59 Å². The standard InChI is InChI=1S/C23H46N2O5/c1-3-5-7-9-11-13-22(29)24(15-17-26)19-21(28)20-25(16-18-27)23(30)14-12-10-8-6-4-2/h21,26-28H,3-20H2,1-2H3. The highest BCUT2D eigenvalue weighted by Crippen LogP contribution is 2.10. The minimum Gasteiger partial charge on any atom is -0.395 e. The maximum atomic E-state index is 12.5. The second-order valence-electron chi connectivity index (χ2n) is 8.11. The Morgan fingerprint density at radius 1 is 0.667 bits per heavy atom. The monoisotopic (exact) mass is 430 g/mol. The van der Waals surface area contributed by atoms with Crippen molar-refractivity contribution in [1.29, 1.82) is 0 Å². The molecular formula is C23H46N2O5. The number of unbranched alkanes of at least 4 members (excludes halogenated alkanes) is 8. The first kappa shape index (κ1) is 28.8. The van der Waals surface area contributed by atoms with Crippen molar-refractivity contribution in [2.75, 3.05) is 39.4 Å². The molecule has 178 valence electrons. The molecule has 0 aliphatic carbocycles. The summed E-state index contributed by atoms with van der Waals surface area (Å²) in [6.07, 6.45) is 10.4. The molecule has 3 N–H and O–H groups in total. The molecule has 2 amide bonds. The quantitative estimate of drug-likeness (QED) is 0.258. The molecule has 0 aliphatic rings. The molecule has 0 saturated carbocycles. The van der Waals surface area contributed by atoms with Crippen molar-refractivity contribution in [2.24, 2.45) is 0 Å². The second kappa shape index (κ2) is 19.8. The van der Waals surface area contributed by atoms with Crippen LogP contribution in [0.15, 0.2) is 0 Å². The van der Waals surface area contributed by atoms with Crippen LogP contribution in [-0.4, -0.2) is 82.4 Å². The molecule has 0 saturated heterocycles. The van der Waals surface area contributed by atoms with Gasteiger partial charge in [0.1, 0.15) is 0 Å². The number of hydrogen-bond acceptors (Lipinski definition) is 5. The maximum absolute atomic E-state index is 12.5. The fourth-order valence-corrected chi connectivity index (χ4v) is 3.52. The van der Waals surface area contributed by atoms with Crippen LogP contribution in [-0.2, 0) is 9.59 Å². The van der Waals surface area contributed by atoms with Crippen molar-refractivity contribution in [1.82, 2.24) is 9.80 Å². The maximum Gasteiger partial charge on any atom is 0.222 e. The van der Waals surface area contributed by atoms with Gasteiger partial charge in [0.05, 0.1) is 19.3 Å². The summed E-state index contributed by atoms with van der Waals surface area (Å²) in [4.78, 5) is 27.9. The average Bonchev–Trinajstić information content (AvgIpc) is 2.72. The van der Waals surface area contributed by atoms with E-state index in [4.69, 9.17) is 0 Å². The highest BCUT2D eigenvalue weighted by molar-refractivity contribution is 5.77. The number of hydrogen-bond donors (Lipinski definition) is 3. The van der Waals surface area contributed by atoms with Gasteiger partial charge < -0.3 is 25.1 Å². The van der Waals surface area contributed by atoms with Crippen molar-refractivity contribution in [2.45, 2.75) is 97.0 Å². The van der Waals surface area contributed by atoms with Crippen LogP contribution >= 0.6 is 0 Å². The minimum atomic E-state index is -0.906. The lowest BCUT2D eigenvalue weighted by molar-refractivity contribution is -0.135. The predicted octanol–water partition coefficient (Wildman–Crippen LogP) is 2.71. The lowest BCUT2D eigenvalue weighted by Crippen LogP contribution is -2.46. The molecule has 0 spiro atoms. The molecule has 0 heterocycles. The zero-order chi connectivity index (χ0) is 22.6. The normalized spacial score (nSPS) is 11.1. The van der Waals surface area contributed by atoms with Gasteiger partial charge >= 0.3 is 0 Å². The summed E-state index contributed by atoms with van der Waals surface area (Å²) < 4.78 is 0. The van der Waals surface area contributed by atoms with Crippen molar-refractivity contribution in [3.63, 3.8) is 0 Å². The molecule has 7 heteroatoms. The number of nitrogens with zero attached hydrogens (tertiary/aromatic N) is 2. The largest absolute Gasteiger partial charge is 0.395 e. The van der Waals surface area contributed by atoms with Crippen molar-refractivity contribution in [3.8, 4) is 0 Å². The van der Waals surface area contributed by atoms with Crippen LogP contribution in [0.25, 0.3) is 0 Å². The number of aliphatic hydroxyl groups is 3. The molecule has 30 heavy (non-hydrogen) atoms. The molecule has 0 aromatic carbocycles. The minimum absolute atomic E-state index is 0.0736. The molecule has 0 bridgehead atoms. The van der Waals surface area contributed by atoms with Crippen molar-refractivity contribution < 1.29 is 24.9 Å². The van der Waals surface area contributed by atoms with Crippen LogP contribution in [0.1, 0.15) is 90.9 Å². The summed E-state index contributed by atoms with van der Waals surface area (Å²) in [5.74, 6) is -0.147. The molecule has 0 rings (SSSR count). The van der Waals surface area contributed by atoms with Gasteiger partial charge in [0, 0.05) is 39.0 Å². The van der Waals surface area contributed by atoms with E-state index in [0.717, 1.165) is 51.4 Å². The molecule has 7 nitrogen and oxygen atoms in total. The average molecular weight is 431 g/mol. The smallest absolute Gasteiger partial charge is 0.222 e. The Hall–Kier alpha value is -1.18. The Morgan fingerprint density at radius 3 is 1.37 bits per heavy atom. The van der Waals surface area contributed by atoms with Gasteiger partial charge in [0.25, 0.3) is 0 Å². The number of amides is 2. The zero-order valence-electron chi connectivity index (χ0n) is 19.4. The van der Waals surface area contributed by atoms with E-state index in [0.29, 0.717) is 12.8 Å². The van der Waals surface area contributed by atoms with Crippen LogP contribution in [0.2, 0.25) is 0 Å². The molecule has 0 aromatic rings. The van der Waals surface area contributed by atoms with Crippen LogP contribution in [0.5, 0.6) is 0 Å². The number of carbonyl (C=O) groups excluding carboxylic acids is 2. The molecule has 0 fully saturated rings. The molecule has 0 unspecified atom stereocenters. The van der Waals surface area contributed by atoms with E-state index in [2.05, 4.69) is 13.8 Å². The van der Waals surface area contributed by atoms with Gasteiger partial charge in [-0.25, -0.2) is 0 Å². The molecule has 0 aliphatic heterocycles. The van der Waals surface area contributed by atoms with Gasteiger partial charge in [-0.2, -0.15) is 0 Å². The topological polar surface area (TPSA) is 101 Å². The lowest BCUT2D eigenvalue weighted by atomic mass is 10.1. The molecular weight excluding hydrogens is 384 g/mol. The highest BCUT2D eigenvalue weighted by Gasteiger charge is 2.21. The third-order valence-electron chi connectivity index (χ3n) is 5.30. The van der Waals surface area contributed by atoms with Crippen molar-refractivity contribution >= 4 is 11.8 Å². The summed E-state index contributed by atoms with van der Waals surface area (Å²) in [6, 6.07) is 0. The highest BCUT2D eigenvalue weighted by atomic mass is 16.3. The second-order valence-corrected chi connectivity index (χ2v) is 8.11. The summed E-state index contributed by atoms with van der Waals surface area (Å²) in [5.41, 5.74) is 0. The Bertz CT molecular complexity index is 396. The Kier molecular flexibility index (Phi) is 19.0. The van der Waals surface area contributed by atoms with Crippen LogP contribution in [0.4, 0.5) is 0 Å².